The van der Waals surface area contributed by atoms with E-state index in [0.29, 0.717) is 14.1 Å². The third kappa shape index (κ3) is 6.11. The Balaban J connectivity index is 0.000000352. The summed E-state index contributed by atoms with van der Waals surface area (Å²) in [6.45, 7) is 33.1. The molecule has 0 atom stereocenters. The molecule has 4 aliphatic rings. The van der Waals surface area contributed by atoms with Crippen LogP contribution >= 0.6 is 0 Å². The molecule has 0 aromatic heterocycles. The Labute approximate surface area is 237 Å². The van der Waals surface area contributed by atoms with Gasteiger partial charge in [0, 0.05) is 26.4 Å². The third-order valence-electron chi connectivity index (χ3n) is 9.21. The standard InChI is InChI=1S/2C12H19.2C4H8O.Sm/c2*1-7(2)12-10(5)8(3)9(4)11(12)6;2*1-2-4-5-3-1;/h2*7H,1-6H3;2*1-4H2;. The minimum absolute atomic E-state index is 0.353. The van der Waals surface area contributed by atoms with Crippen LogP contribution < -0.4 is 0 Å². The van der Waals surface area contributed by atoms with Gasteiger partial charge in [0.25, 0.3) is 0 Å². The van der Waals surface area contributed by atoms with E-state index in [-0.39, 0.29) is 0 Å². The molecule has 0 N–H and O–H groups in total. The Hall–Kier alpha value is 0.218. The van der Waals surface area contributed by atoms with Gasteiger partial charge in [0.15, 0.2) is 0 Å². The van der Waals surface area contributed by atoms with Gasteiger partial charge >= 0.3 is 178 Å². The van der Waals surface area contributed by atoms with E-state index in [1.54, 1.807) is 44.6 Å². The van der Waals surface area contributed by atoms with Crippen LogP contribution in [-0.2, 0) is 9.47 Å². The molecular formula is C32H54O2Sm. The van der Waals surface area contributed by atoms with Gasteiger partial charge in [-0.25, -0.2) is 0 Å². The molecule has 0 bridgehead atoms. The van der Waals surface area contributed by atoms with Crippen molar-refractivity contribution in [3.63, 3.8) is 0 Å². The van der Waals surface area contributed by atoms with Gasteiger partial charge in [-0.05, 0) is 25.7 Å². The number of ether oxygens (including phenoxy) is 2. The first kappa shape index (κ1) is 31.4. The van der Waals surface area contributed by atoms with E-state index >= 15 is 0 Å². The molecule has 35 heavy (non-hydrogen) atoms. The summed E-state index contributed by atoms with van der Waals surface area (Å²) in [7, 11) is 0. The third-order valence-corrected chi connectivity index (χ3v) is 18.2. The second-order valence-corrected chi connectivity index (χ2v) is 16.3. The molecular weight excluding hydrogens is 567 g/mol. The Kier molecular flexibility index (Phi) is 12.0. The van der Waals surface area contributed by atoms with E-state index in [0.717, 1.165) is 26.4 Å². The summed E-state index contributed by atoms with van der Waals surface area (Å²) < 4.78 is 10.6. The van der Waals surface area contributed by atoms with E-state index in [9.17, 15) is 0 Å². The number of allylic oxidation sites excluding steroid dienone is 8. The molecule has 200 valence electrons. The fourth-order valence-corrected chi connectivity index (χ4v) is 13.4. The van der Waals surface area contributed by atoms with Crippen molar-refractivity contribution in [1.29, 1.82) is 0 Å². The Morgan fingerprint density at radius 1 is 0.486 bits per heavy atom. The van der Waals surface area contributed by atoms with Crippen LogP contribution in [0.3, 0.4) is 0 Å². The predicted octanol–water partition coefficient (Wildman–Crippen LogP) is 9.67. The topological polar surface area (TPSA) is 18.5 Å². The van der Waals surface area contributed by atoms with E-state index in [1.807, 2.05) is 0 Å². The van der Waals surface area contributed by atoms with Gasteiger partial charge in [0.1, 0.15) is 0 Å². The second kappa shape index (κ2) is 13.3. The molecule has 2 aliphatic heterocycles. The summed E-state index contributed by atoms with van der Waals surface area (Å²) in [4.78, 5) is 0. The zero-order valence-corrected chi connectivity index (χ0v) is 27.7. The fourth-order valence-electron chi connectivity index (χ4n) is 6.35. The monoisotopic (exact) mass is 622 g/mol. The molecule has 0 unspecified atom stereocenters. The zero-order chi connectivity index (χ0) is 26.6. The molecule has 0 radical (unpaired) electrons. The van der Waals surface area contributed by atoms with Gasteiger partial charge < -0.3 is 9.47 Å². The van der Waals surface area contributed by atoms with Crippen molar-refractivity contribution in [2.75, 3.05) is 26.4 Å². The maximum atomic E-state index is 4.94. The predicted molar refractivity (Wildman–Crippen MR) is 149 cm³/mol. The van der Waals surface area contributed by atoms with Crippen molar-refractivity contribution in [2.24, 2.45) is 11.8 Å². The number of hydrogen-bond donors (Lipinski definition) is 0. The van der Waals surface area contributed by atoms with E-state index in [4.69, 9.17) is 9.47 Å². The Bertz CT molecular complexity index is 738. The van der Waals surface area contributed by atoms with Crippen LogP contribution in [0.4, 0.5) is 0 Å². The summed E-state index contributed by atoms with van der Waals surface area (Å²) in [6.07, 6.45) is 5.11. The minimum atomic E-state index is -0.835. The number of hydrogen-bond acceptors (Lipinski definition) is 2. The van der Waals surface area contributed by atoms with Gasteiger partial charge in [-0.2, -0.15) is 0 Å². The van der Waals surface area contributed by atoms with Crippen molar-refractivity contribution in [2.45, 2.75) is 111 Å². The summed E-state index contributed by atoms with van der Waals surface area (Å²) in [5.74, 6) is 1.37. The quantitative estimate of drug-likeness (QED) is 0.312. The van der Waals surface area contributed by atoms with Crippen molar-refractivity contribution in [3.05, 3.63) is 44.6 Å². The van der Waals surface area contributed by atoms with E-state index < -0.39 is 36.3 Å². The summed E-state index contributed by atoms with van der Waals surface area (Å²) in [5, 5.41) is 0. The molecule has 2 fully saturated rings. The van der Waals surface area contributed by atoms with Crippen LogP contribution in [0.15, 0.2) is 44.6 Å². The summed E-state index contributed by atoms with van der Waals surface area (Å²) in [5.41, 5.74) is 13.0. The summed E-state index contributed by atoms with van der Waals surface area (Å²) >= 11 is -0.835. The molecule has 0 spiro atoms. The molecule has 4 rings (SSSR count). The van der Waals surface area contributed by atoms with Crippen LogP contribution in [0.1, 0.15) is 109 Å². The average Bonchev–Trinajstić information content (AvgIpc) is 3.63. The van der Waals surface area contributed by atoms with Crippen LogP contribution in [0.25, 0.3) is 0 Å². The average molecular weight is 621 g/mol. The van der Waals surface area contributed by atoms with Gasteiger partial charge in [-0.3, -0.25) is 0 Å². The second-order valence-electron chi connectivity index (χ2n) is 11.5. The molecule has 2 heterocycles. The van der Waals surface area contributed by atoms with Crippen LogP contribution in [0.2, 0.25) is 2.26 Å². The van der Waals surface area contributed by atoms with Gasteiger partial charge in [-0.1, -0.05) is 0 Å². The van der Waals surface area contributed by atoms with Crippen molar-refractivity contribution in [3.8, 4) is 0 Å². The zero-order valence-electron chi connectivity index (χ0n) is 25.0. The molecule has 2 nitrogen and oxygen atoms in total. The molecule has 0 saturated carbocycles. The first-order chi connectivity index (χ1) is 16.4. The normalized spacial score (nSPS) is 23.5. The van der Waals surface area contributed by atoms with Crippen molar-refractivity contribution < 1.29 is 45.8 Å². The molecule has 3 heteroatoms. The maximum absolute atomic E-state index is 4.94. The summed E-state index contributed by atoms with van der Waals surface area (Å²) in [6, 6.07) is 0. The Morgan fingerprint density at radius 3 is 0.857 bits per heavy atom. The van der Waals surface area contributed by atoms with Crippen LogP contribution in [-0.4, -0.2) is 26.4 Å². The van der Waals surface area contributed by atoms with Crippen LogP contribution in [0, 0.1) is 48.1 Å². The van der Waals surface area contributed by atoms with Crippen molar-refractivity contribution >= 4 is 0 Å². The van der Waals surface area contributed by atoms with Gasteiger partial charge in [-0.15, -0.1) is 0 Å². The SMILES string of the molecule is C1CCOC1.C1CCOC1.CC1=C(C)[C]([Sm][C]2(C(C)C)C(C)=C(C)C(C)=C2C)(C(C)C)C(C)=C1C. The van der Waals surface area contributed by atoms with Crippen LogP contribution in [0.5, 0.6) is 0 Å². The molecule has 2 saturated heterocycles. The van der Waals surface area contributed by atoms with Crippen molar-refractivity contribution in [1.82, 2.24) is 0 Å². The molecule has 0 aromatic rings. The van der Waals surface area contributed by atoms with E-state index in [2.05, 4.69) is 83.1 Å². The van der Waals surface area contributed by atoms with Gasteiger partial charge in [0.05, 0.1) is 0 Å². The first-order valence-corrected chi connectivity index (χ1v) is 16.6. The number of rotatable bonds is 4. The molecule has 0 aromatic carbocycles. The Morgan fingerprint density at radius 2 is 0.714 bits per heavy atom. The van der Waals surface area contributed by atoms with Gasteiger partial charge in [0.2, 0.25) is 0 Å². The van der Waals surface area contributed by atoms with E-state index in [1.165, 1.54) is 25.7 Å². The fraction of sp³-hybridized carbons (Fsp3) is 0.750. The first-order valence-electron chi connectivity index (χ1n) is 13.9. The molecule has 2 aliphatic carbocycles. The molecule has 0 amide bonds.